The Hall–Kier alpha value is -4.60. The van der Waals surface area contributed by atoms with Crippen LogP contribution < -0.4 is 20.5 Å². The van der Waals surface area contributed by atoms with E-state index in [1.165, 1.54) is 10.8 Å². The van der Waals surface area contributed by atoms with Crippen LogP contribution in [0.15, 0.2) is 112 Å². The number of hydrazone groups is 1. The number of ether oxygens (including phenoxy) is 2. The number of carbonyl (C=O) groups is 1. The molecule has 0 saturated carbocycles. The van der Waals surface area contributed by atoms with E-state index in [2.05, 4.69) is 15.5 Å². The van der Waals surface area contributed by atoms with Gasteiger partial charge in [0.1, 0.15) is 6.61 Å². The summed E-state index contributed by atoms with van der Waals surface area (Å²) in [6.07, 6.45) is 1.52. The van der Waals surface area contributed by atoms with Gasteiger partial charge in [0, 0.05) is 5.02 Å². The first kappa shape index (κ1) is 27.9. The van der Waals surface area contributed by atoms with Gasteiger partial charge in [0.2, 0.25) is 0 Å². The Labute approximate surface area is 245 Å². The van der Waals surface area contributed by atoms with Crippen LogP contribution in [0.25, 0.3) is 16.6 Å². The molecule has 0 saturated heterocycles. The Morgan fingerprint density at radius 3 is 2.54 bits per heavy atom. The maximum atomic E-state index is 13.3. The van der Waals surface area contributed by atoms with Crippen molar-refractivity contribution in [2.45, 2.75) is 11.8 Å². The third kappa shape index (κ3) is 6.95. The van der Waals surface area contributed by atoms with E-state index in [-0.39, 0.29) is 17.2 Å². The lowest BCUT2D eigenvalue weighted by Gasteiger charge is -2.13. The standard InChI is InChI=1S/C31H25ClN4O4S/c1-39-27-16-11-22(17-28(27)40-19-21-7-3-2-4-8-21)18-33-35-29(37)20-41-31-34-26-10-6-5-9-25(26)30(38)36(31)24-14-12-23(32)13-15-24/h2-18H,19-20H2,1H3,(H,35,37). The Morgan fingerprint density at radius 1 is 1.00 bits per heavy atom. The van der Waals surface area contributed by atoms with Crippen LogP contribution in [0.3, 0.4) is 0 Å². The molecule has 4 aromatic carbocycles. The molecule has 1 aromatic heterocycles. The normalized spacial score (nSPS) is 11.1. The number of halogens is 1. The molecule has 5 aromatic rings. The molecular weight excluding hydrogens is 560 g/mol. The average molecular weight is 585 g/mol. The fourth-order valence-corrected chi connectivity index (χ4v) is 4.92. The number of carbonyl (C=O) groups excluding carboxylic acids is 1. The van der Waals surface area contributed by atoms with Crippen molar-refractivity contribution in [3.63, 3.8) is 0 Å². The number of nitrogens with one attached hydrogen (secondary N) is 1. The zero-order valence-electron chi connectivity index (χ0n) is 22.0. The number of amides is 1. The molecule has 1 heterocycles. The summed E-state index contributed by atoms with van der Waals surface area (Å²) in [5.74, 6) is 0.785. The third-order valence-electron chi connectivity index (χ3n) is 5.99. The molecular formula is C31H25ClN4O4S. The van der Waals surface area contributed by atoms with Crippen molar-refractivity contribution in [3.8, 4) is 17.2 Å². The first-order valence-electron chi connectivity index (χ1n) is 12.6. The number of aromatic nitrogens is 2. The van der Waals surface area contributed by atoms with Crippen LogP contribution in [-0.2, 0) is 11.4 Å². The van der Waals surface area contributed by atoms with Crippen molar-refractivity contribution >= 4 is 46.4 Å². The monoisotopic (exact) mass is 584 g/mol. The zero-order chi connectivity index (χ0) is 28.6. The van der Waals surface area contributed by atoms with Crippen molar-refractivity contribution in [1.29, 1.82) is 0 Å². The summed E-state index contributed by atoms with van der Waals surface area (Å²) in [5.41, 5.74) is 5.19. The Morgan fingerprint density at radius 2 is 1.76 bits per heavy atom. The highest BCUT2D eigenvalue weighted by atomic mass is 35.5. The summed E-state index contributed by atoms with van der Waals surface area (Å²) >= 11 is 7.18. The van der Waals surface area contributed by atoms with Crippen LogP contribution in [0.5, 0.6) is 11.5 Å². The minimum atomic E-state index is -0.356. The minimum Gasteiger partial charge on any atom is -0.493 e. The second-order valence-electron chi connectivity index (χ2n) is 8.79. The lowest BCUT2D eigenvalue weighted by Crippen LogP contribution is -2.24. The molecule has 0 bridgehead atoms. The van der Waals surface area contributed by atoms with Gasteiger partial charge < -0.3 is 9.47 Å². The Kier molecular flexibility index (Phi) is 8.98. The van der Waals surface area contributed by atoms with Gasteiger partial charge in [0.25, 0.3) is 11.5 Å². The van der Waals surface area contributed by atoms with Gasteiger partial charge in [-0.05, 0) is 65.7 Å². The summed E-state index contributed by atoms with van der Waals surface area (Å²) in [5, 5.41) is 5.50. The summed E-state index contributed by atoms with van der Waals surface area (Å²) in [6, 6.07) is 29.2. The highest BCUT2D eigenvalue weighted by Crippen LogP contribution is 2.28. The molecule has 5 rings (SSSR count). The van der Waals surface area contributed by atoms with E-state index < -0.39 is 0 Å². The van der Waals surface area contributed by atoms with Crippen LogP contribution >= 0.6 is 23.4 Å². The average Bonchev–Trinajstić information content (AvgIpc) is 3.00. The van der Waals surface area contributed by atoms with Crippen LogP contribution in [0.4, 0.5) is 0 Å². The molecule has 0 unspecified atom stereocenters. The number of para-hydroxylation sites is 1. The molecule has 0 spiro atoms. The number of hydrogen-bond acceptors (Lipinski definition) is 7. The number of rotatable bonds is 10. The van der Waals surface area contributed by atoms with E-state index in [9.17, 15) is 9.59 Å². The van der Waals surface area contributed by atoms with Gasteiger partial charge in [0.15, 0.2) is 16.7 Å². The molecule has 206 valence electrons. The van der Waals surface area contributed by atoms with Gasteiger partial charge in [-0.3, -0.25) is 14.2 Å². The van der Waals surface area contributed by atoms with Crippen molar-refractivity contribution in [2.24, 2.45) is 5.10 Å². The highest BCUT2D eigenvalue weighted by molar-refractivity contribution is 7.99. The quantitative estimate of drug-likeness (QED) is 0.0955. The third-order valence-corrected chi connectivity index (χ3v) is 7.18. The first-order chi connectivity index (χ1) is 20.0. The predicted octanol–water partition coefficient (Wildman–Crippen LogP) is 5.87. The fraction of sp³-hybridized carbons (Fsp3) is 0.0968. The zero-order valence-corrected chi connectivity index (χ0v) is 23.6. The number of nitrogens with zero attached hydrogens (tertiary/aromatic N) is 3. The van der Waals surface area contributed by atoms with E-state index in [1.807, 2.05) is 42.5 Å². The van der Waals surface area contributed by atoms with Crippen molar-refractivity contribution in [3.05, 3.63) is 124 Å². The van der Waals surface area contributed by atoms with Crippen LogP contribution in [-0.4, -0.2) is 34.5 Å². The second kappa shape index (κ2) is 13.2. The second-order valence-corrected chi connectivity index (χ2v) is 10.2. The van der Waals surface area contributed by atoms with E-state index in [1.54, 1.807) is 61.7 Å². The maximum Gasteiger partial charge on any atom is 0.266 e. The lowest BCUT2D eigenvalue weighted by molar-refractivity contribution is -0.118. The number of methoxy groups -OCH3 is 1. The predicted molar refractivity (Wildman–Crippen MR) is 163 cm³/mol. The molecule has 0 radical (unpaired) electrons. The fourth-order valence-electron chi connectivity index (χ4n) is 3.99. The van der Waals surface area contributed by atoms with Crippen LogP contribution in [0.2, 0.25) is 5.02 Å². The van der Waals surface area contributed by atoms with Gasteiger partial charge in [-0.1, -0.05) is 65.8 Å². The molecule has 0 aliphatic rings. The molecule has 8 nitrogen and oxygen atoms in total. The SMILES string of the molecule is COc1ccc(C=NNC(=O)CSc2nc3ccccc3c(=O)n2-c2ccc(Cl)cc2)cc1OCc1ccccc1. The summed E-state index contributed by atoms with van der Waals surface area (Å²) < 4.78 is 12.8. The van der Waals surface area contributed by atoms with Gasteiger partial charge >= 0.3 is 0 Å². The lowest BCUT2D eigenvalue weighted by atomic mass is 10.2. The molecule has 0 aliphatic carbocycles. The highest BCUT2D eigenvalue weighted by Gasteiger charge is 2.15. The molecule has 0 aliphatic heterocycles. The number of fused-ring (bicyclic) bond motifs is 1. The Bertz CT molecular complexity index is 1760. The van der Waals surface area contributed by atoms with Crippen molar-refractivity contribution in [2.75, 3.05) is 12.9 Å². The van der Waals surface area contributed by atoms with E-state index in [0.29, 0.717) is 44.9 Å². The van der Waals surface area contributed by atoms with Crippen molar-refractivity contribution < 1.29 is 14.3 Å². The molecule has 1 amide bonds. The maximum absolute atomic E-state index is 13.3. The van der Waals surface area contributed by atoms with Crippen molar-refractivity contribution in [1.82, 2.24) is 15.0 Å². The molecule has 10 heteroatoms. The topological polar surface area (TPSA) is 94.8 Å². The largest absolute Gasteiger partial charge is 0.493 e. The molecule has 1 N–H and O–H groups in total. The van der Waals surface area contributed by atoms with Crippen LogP contribution in [0, 0.1) is 0 Å². The number of hydrogen-bond donors (Lipinski definition) is 1. The minimum absolute atomic E-state index is 0.0102. The first-order valence-corrected chi connectivity index (χ1v) is 14.0. The molecule has 0 atom stereocenters. The van der Waals surface area contributed by atoms with Gasteiger partial charge in [-0.15, -0.1) is 0 Å². The van der Waals surface area contributed by atoms with E-state index >= 15 is 0 Å². The van der Waals surface area contributed by atoms with E-state index in [4.69, 9.17) is 21.1 Å². The summed E-state index contributed by atoms with van der Waals surface area (Å²) in [7, 11) is 1.58. The Balaban J connectivity index is 1.27. The summed E-state index contributed by atoms with van der Waals surface area (Å²) in [6.45, 7) is 0.385. The van der Waals surface area contributed by atoms with Crippen LogP contribution in [0.1, 0.15) is 11.1 Å². The molecule has 41 heavy (non-hydrogen) atoms. The summed E-state index contributed by atoms with van der Waals surface area (Å²) in [4.78, 5) is 30.6. The number of benzene rings is 4. The van der Waals surface area contributed by atoms with Gasteiger partial charge in [-0.25, -0.2) is 10.4 Å². The van der Waals surface area contributed by atoms with Gasteiger partial charge in [-0.2, -0.15) is 5.10 Å². The van der Waals surface area contributed by atoms with E-state index in [0.717, 1.165) is 22.9 Å². The molecule has 0 fully saturated rings. The smallest absolute Gasteiger partial charge is 0.266 e. The van der Waals surface area contributed by atoms with Gasteiger partial charge in [0.05, 0.1) is 35.7 Å². The number of thioether (sulfide) groups is 1.